The quantitative estimate of drug-likeness (QED) is 0.695. The van der Waals surface area contributed by atoms with E-state index >= 15 is 0 Å². The maximum absolute atomic E-state index is 8.80. The molecule has 0 aliphatic carbocycles. The van der Waals surface area contributed by atoms with E-state index in [2.05, 4.69) is 27.7 Å². The van der Waals surface area contributed by atoms with Crippen molar-refractivity contribution in [3.63, 3.8) is 0 Å². The smallest absolute Gasteiger partial charge is 0.0464 e. The number of hydrogen-bond donors (Lipinski definition) is 1. The molecule has 0 aromatic heterocycles. The molecule has 1 N–H and O–H groups in total. The first-order chi connectivity index (χ1) is 5.57. The van der Waals surface area contributed by atoms with Gasteiger partial charge in [-0.3, -0.25) is 0 Å². The first kappa shape index (κ1) is 12.3. The van der Waals surface area contributed by atoms with Gasteiger partial charge in [0.15, 0.2) is 0 Å². The Bertz CT molecular complexity index is 104. The minimum absolute atomic E-state index is 0.322. The van der Waals surface area contributed by atoms with E-state index in [0.29, 0.717) is 12.5 Å². The first-order valence-electron chi connectivity index (χ1n) is 4.76. The Morgan fingerprint density at radius 3 is 2.08 bits per heavy atom. The van der Waals surface area contributed by atoms with Crippen LogP contribution in [0.25, 0.3) is 0 Å². The highest BCUT2D eigenvalue weighted by Gasteiger charge is 2.07. The number of aliphatic hydroxyl groups is 1. The van der Waals surface area contributed by atoms with Crippen molar-refractivity contribution in [3.05, 3.63) is 0 Å². The van der Waals surface area contributed by atoms with E-state index in [-0.39, 0.29) is 0 Å². The molecule has 2 heteroatoms. The van der Waals surface area contributed by atoms with E-state index in [1.54, 1.807) is 0 Å². The van der Waals surface area contributed by atoms with Crippen molar-refractivity contribution >= 4 is 11.8 Å². The third-order valence-electron chi connectivity index (χ3n) is 2.23. The molecule has 0 aromatic rings. The van der Waals surface area contributed by atoms with E-state index < -0.39 is 0 Å². The lowest BCUT2D eigenvalue weighted by atomic mass is 10.0. The maximum atomic E-state index is 8.80. The minimum atomic E-state index is 0.322. The predicted octanol–water partition coefficient (Wildman–Crippen LogP) is 2.64. The van der Waals surface area contributed by atoms with Gasteiger partial charge in [0.2, 0.25) is 0 Å². The van der Waals surface area contributed by atoms with Gasteiger partial charge in [0.05, 0.1) is 0 Å². The Morgan fingerprint density at radius 1 is 1.08 bits per heavy atom. The van der Waals surface area contributed by atoms with Crippen molar-refractivity contribution < 1.29 is 5.11 Å². The van der Waals surface area contributed by atoms with Gasteiger partial charge < -0.3 is 5.11 Å². The summed E-state index contributed by atoms with van der Waals surface area (Å²) >= 11 is 1.96. The fourth-order valence-electron chi connectivity index (χ4n) is 0.700. The zero-order valence-electron chi connectivity index (χ0n) is 8.71. The molecule has 0 radical (unpaired) electrons. The number of thioether (sulfide) groups is 1. The van der Waals surface area contributed by atoms with Gasteiger partial charge in [0.25, 0.3) is 0 Å². The predicted molar refractivity (Wildman–Crippen MR) is 57.6 cm³/mol. The summed E-state index contributed by atoms with van der Waals surface area (Å²) in [6, 6.07) is 0. The third kappa shape index (κ3) is 5.90. The van der Waals surface area contributed by atoms with E-state index in [9.17, 15) is 0 Å². The summed E-state index contributed by atoms with van der Waals surface area (Å²) in [4.78, 5) is 0. The molecule has 0 aromatic carbocycles. The highest BCUT2D eigenvalue weighted by molar-refractivity contribution is 7.99. The second-order valence-corrected chi connectivity index (χ2v) is 5.12. The van der Waals surface area contributed by atoms with Crippen LogP contribution in [0.2, 0.25) is 0 Å². The largest absolute Gasteiger partial charge is 0.396 e. The molecule has 0 bridgehead atoms. The molecule has 0 spiro atoms. The van der Waals surface area contributed by atoms with Gasteiger partial charge in [-0.25, -0.2) is 0 Å². The van der Waals surface area contributed by atoms with Gasteiger partial charge in [-0.1, -0.05) is 27.7 Å². The first-order valence-corrected chi connectivity index (χ1v) is 5.92. The van der Waals surface area contributed by atoms with Gasteiger partial charge in [0.1, 0.15) is 0 Å². The van der Waals surface area contributed by atoms with Crippen LogP contribution in [-0.2, 0) is 0 Å². The fraction of sp³-hybridized carbons (Fsp3) is 1.00. The molecular weight excluding hydrogens is 168 g/mol. The van der Waals surface area contributed by atoms with E-state index in [0.717, 1.165) is 17.6 Å². The normalized spacial score (nSPS) is 16.5. The molecule has 74 valence electrons. The second-order valence-electron chi connectivity index (χ2n) is 4.05. The van der Waals surface area contributed by atoms with Crippen molar-refractivity contribution in [1.29, 1.82) is 0 Å². The van der Waals surface area contributed by atoms with Crippen molar-refractivity contribution in [1.82, 2.24) is 0 Å². The fourth-order valence-corrected chi connectivity index (χ4v) is 2.10. The summed E-state index contributed by atoms with van der Waals surface area (Å²) in [5.74, 6) is 4.34. The highest BCUT2D eigenvalue weighted by atomic mass is 32.2. The Hall–Kier alpha value is 0.310. The molecule has 0 saturated heterocycles. The summed E-state index contributed by atoms with van der Waals surface area (Å²) in [5.41, 5.74) is 0. The number of aliphatic hydroxyl groups excluding tert-OH is 1. The molecule has 2 atom stereocenters. The van der Waals surface area contributed by atoms with Crippen LogP contribution in [0.3, 0.4) is 0 Å². The average molecular weight is 190 g/mol. The summed E-state index contributed by atoms with van der Waals surface area (Å²) in [7, 11) is 0. The molecule has 0 heterocycles. The number of rotatable bonds is 6. The van der Waals surface area contributed by atoms with E-state index in [1.165, 1.54) is 5.75 Å². The summed E-state index contributed by atoms with van der Waals surface area (Å²) < 4.78 is 0. The van der Waals surface area contributed by atoms with Crippen LogP contribution in [0.4, 0.5) is 0 Å². The lowest BCUT2D eigenvalue weighted by molar-refractivity contribution is 0.250. The summed E-state index contributed by atoms with van der Waals surface area (Å²) in [6.45, 7) is 9.23. The van der Waals surface area contributed by atoms with Crippen LogP contribution < -0.4 is 0 Å². The molecule has 0 aliphatic heterocycles. The molecule has 1 nitrogen and oxygen atoms in total. The van der Waals surface area contributed by atoms with Gasteiger partial charge in [-0.15, -0.1) is 0 Å². The van der Waals surface area contributed by atoms with Crippen LogP contribution in [0, 0.1) is 17.8 Å². The average Bonchev–Trinajstić information content (AvgIpc) is 2.03. The molecule has 2 unspecified atom stereocenters. The van der Waals surface area contributed by atoms with E-state index in [4.69, 9.17) is 5.11 Å². The van der Waals surface area contributed by atoms with Crippen molar-refractivity contribution in [2.24, 2.45) is 17.8 Å². The van der Waals surface area contributed by atoms with Crippen molar-refractivity contribution in [2.75, 3.05) is 18.1 Å². The molecular formula is C10H22OS. The second kappa shape index (κ2) is 6.79. The monoisotopic (exact) mass is 190 g/mol. The standard InChI is InChI=1S/C10H22OS/c1-8(2)10(4)7-12-6-9(3)5-11/h8-11H,5-7H2,1-4H3. The molecule has 12 heavy (non-hydrogen) atoms. The lowest BCUT2D eigenvalue weighted by Crippen LogP contribution is -2.10. The highest BCUT2D eigenvalue weighted by Crippen LogP contribution is 2.18. The van der Waals surface area contributed by atoms with Gasteiger partial charge >= 0.3 is 0 Å². The Balaban J connectivity index is 3.30. The van der Waals surface area contributed by atoms with Crippen molar-refractivity contribution in [2.45, 2.75) is 27.7 Å². The van der Waals surface area contributed by atoms with Gasteiger partial charge in [-0.05, 0) is 29.3 Å². The Labute approximate surface area is 80.9 Å². The molecule has 0 amide bonds. The SMILES string of the molecule is CC(CO)CSCC(C)C(C)C. The lowest BCUT2D eigenvalue weighted by Gasteiger charge is -2.15. The Kier molecular flexibility index (Phi) is 6.96. The zero-order chi connectivity index (χ0) is 9.56. The maximum Gasteiger partial charge on any atom is 0.0464 e. The Morgan fingerprint density at radius 2 is 1.67 bits per heavy atom. The van der Waals surface area contributed by atoms with E-state index in [1.807, 2.05) is 11.8 Å². The third-order valence-corrected chi connectivity index (χ3v) is 3.80. The molecule has 0 fully saturated rings. The molecule has 0 aliphatic rings. The number of hydrogen-bond acceptors (Lipinski definition) is 2. The van der Waals surface area contributed by atoms with Crippen LogP contribution in [-0.4, -0.2) is 23.2 Å². The van der Waals surface area contributed by atoms with Crippen LogP contribution in [0.1, 0.15) is 27.7 Å². The molecule has 0 saturated carbocycles. The minimum Gasteiger partial charge on any atom is -0.396 e. The summed E-state index contributed by atoms with van der Waals surface area (Å²) in [5, 5.41) is 8.80. The zero-order valence-corrected chi connectivity index (χ0v) is 9.53. The van der Waals surface area contributed by atoms with Crippen LogP contribution in [0.5, 0.6) is 0 Å². The summed E-state index contributed by atoms with van der Waals surface area (Å²) in [6.07, 6.45) is 0. The van der Waals surface area contributed by atoms with Crippen LogP contribution >= 0.6 is 11.8 Å². The van der Waals surface area contributed by atoms with Crippen LogP contribution in [0.15, 0.2) is 0 Å². The topological polar surface area (TPSA) is 20.2 Å². The van der Waals surface area contributed by atoms with Crippen molar-refractivity contribution in [3.8, 4) is 0 Å². The molecule has 0 rings (SSSR count). The van der Waals surface area contributed by atoms with Gasteiger partial charge in [0, 0.05) is 6.61 Å². The van der Waals surface area contributed by atoms with Gasteiger partial charge in [-0.2, -0.15) is 11.8 Å².